The highest BCUT2D eigenvalue weighted by Crippen LogP contribution is 2.39. The highest BCUT2D eigenvalue weighted by molar-refractivity contribution is 5.97. The lowest BCUT2D eigenvalue weighted by molar-refractivity contribution is -0.143. The van der Waals surface area contributed by atoms with Gasteiger partial charge in [-0.15, -0.1) is 0 Å². The summed E-state index contributed by atoms with van der Waals surface area (Å²) in [6.07, 6.45) is 6.42. The number of ketones is 1. The third-order valence-corrected chi connectivity index (χ3v) is 5.88. The number of aromatic nitrogens is 1. The molecule has 1 aliphatic rings. The number of nitrogens with zero attached hydrogens (tertiary/aromatic N) is 1. The smallest absolute Gasteiger partial charge is 0.306 e. The zero-order valence-electron chi connectivity index (χ0n) is 16.4. The quantitative estimate of drug-likeness (QED) is 0.424. The Balaban J connectivity index is 1.27. The van der Waals surface area contributed by atoms with E-state index in [-0.39, 0.29) is 18.4 Å². The van der Waals surface area contributed by atoms with Gasteiger partial charge < -0.3 is 4.74 Å². The topological polar surface area (TPSA) is 56.3 Å². The Hall–Kier alpha value is -3.01. The number of fused-ring (bicyclic) bond motifs is 1. The first-order chi connectivity index (χ1) is 14.2. The molecule has 148 valence electrons. The molecule has 2 aromatic carbocycles. The maximum atomic E-state index is 12.2. The molecule has 0 radical (unpaired) electrons. The molecule has 4 nitrogen and oxygen atoms in total. The first-order valence-electron chi connectivity index (χ1n) is 10.3. The number of carbonyl (C=O) groups excluding carboxylic acids is 2. The normalized spacial score (nSPS) is 19.0. The molecule has 4 rings (SSSR count). The van der Waals surface area contributed by atoms with Crippen molar-refractivity contribution in [1.29, 1.82) is 0 Å². The number of hydrogen-bond acceptors (Lipinski definition) is 4. The average Bonchev–Trinajstić information content (AvgIpc) is 2.78. The van der Waals surface area contributed by atoms with Crippen molar-refractivity contribution in [3.63, 3.8) is 0 Å². The lowest BCUT2D eigenvalue weighted by atomic mass is 9.77. The Labute approximate surface area is 170 Å². The van der Waals surface area contributed by atoms with E-state index in [1.165, 1.54) is 10.9 Å². The van der Waals surface area contributed by atoms with Crippen molar-refractivity contribution < 1.29 is 14.3 Å². The van der Waals surface area contributed by atoms with Crippen LogP contribution in [0.1, 0.15) is 53.9 Å². The first-order valence-corrected chi connectivity index (χ1v) is 10.3. The second-order valence-corrected chi connectivity index (χ2v) is 7.79. The molecular weight excluding hydrogens is 362 g/mol. The molecule has 3 aromatic rings. The number of hydrogen-bond donors (Lipinski definition) is 0. The van der Waals surface area contributed by atoms with Gasteiger partial charge in [-0.05, 0) is 55.2 Å². The van der Waals surface area contributed by atoms with E-state index in [1.54, 1.807) is 24.3 Å². The molecule has 29 heavy (non-hydrogen) atoms. The van der Waals surface area contributed by atoms with Gasteiger partial charge >= 0.3 is 5.97 Å². The Morgan fingerprint density at radius 3 is 2.41 bits per heavy atom. The number of Topliss-reactive ketones (excluding diaryl/α,β-unsaturated/α-hetero) is 1. The number of pyridine rings is 1. The number of esters is 1. The number of ether oxygens (including phenoxy) is 1. The van der Waals surface area contributed by atoms with Gasteiger partial charge in [-0.2, -0.15) is 0 Å². The van der Waals surface area contributed by atoms with Gasteiger partial charge in [-0.3, -0.25) is 14.6 Å². The zero-order chi connectivity index (χ0) is 20.1. The van der Waals surface area contributed by atoms with E-state index in [2.05, 4.69) is 29.2 Å². The Morgan fingerprint density at radius 1 is 0.897 bits per heavy atom. The summed E-state index contributed by atoms with van der Waals surface area (Å²) >= 11 is 0. The first kappa shape index (κ1) is 19.3. The molecule has 4 heteroatoms. The van der Waals surface area contributed by atoms with E-state index in [4.69, 9.17) is 4.74 Å². The summed E-state index contributed by atoms with van der Waals surface area (Å²) in [5.74, 6) is 0.410. The number of para-hydroxylation sites is 1. The van der Waals surface area contributed by atoms with Crippen molar-refractivity contribution in [2.24, 2.45) is 5.92 Å². The second kappa shape index (κ2) is 8.99. The fourth-order valence-electron chi connectivity index (χ4n) is 4.30. The standard InChI is InChI=1S/C25H25NO3/c27-24(20-6-2-1-3-7-20)17-29-25(28)16-18-10-12-19(13-11-18)21-14-15-26-23-9-5-4-8-22(21)23/h1-9,14-15,18-19H,10-13,16-17H2. The van der Waals surface area contributed by atoms with Crippen LogP contribution in [0.2, 0.25) is 0 Å². The molecular formula is C25H25NO3. The van der Waals surface area contributed by atoms with Crippen LogP contribution >= 0.6 is 0 Å². The molecule has 1 aromatic heterocycles. The molecule has 0 atom stereocenters. The van der Waals surface area contributed by atoms with Gasteiger partial charge in [0.2, 0.25) is 0 Å². The Bertz CT molecular complexity index is 986. The van der Waals surface area contributed by atoms with Crippen molar-refractivity contribution in [3.05, 3.63) is 78.0 Å². The van der Waals surface area contributed by atoms with Crippen molar-refractivity contribution >= 4 is 22.7 Å². The van der Waals surface area contributed by atoms with Crippen LogP contribution in [-0.4, -0.2) is 23.3 Å². The SMILES string of the molecule is O=C(CC1CCC(c2ccnc3ccccc23)CC1)OCC(=O)c1ccccc1. The Morgan fingerprint density at radius 2 is 1.62 bits per heavy atom. The Kier molecular flexibility index (Phi) is 5.99. The van der Waals surface area contributed by atoms with Crippen molar-refractivity contribution in [1.82, 2.24) is 4.98 Å². The fourth-order valence-corrected chi connectivity index (χ4v) is 4.30. The summed E-state index contributed by atoms with van der Waals surface area (Å²) in [7, 11) is 0. The van der Waals surface area contributed by atoms with Crippen LogP contribution in [0.15, 0.2) is 66.9 Å². The maximum absolute atomic E-state index is 12.2. The van der Waals surface area contributed by atoms with Crippen molar-refractivity contribution in [3.8, 4) is 0 Å². The van der Waals surface area contributed by atoms with Gasteiger partial charge in [0.05, 0.1) is 5.52 Å². The molecule has 0 saturated heterocycles. The van der Waals surface area contributed by atoms with Crippen LogP contribution in [0, 0.1) is 5.92 Å². The predicted octanol–water partition coefficient (Wildman–Crippen LogP) is 5.32. The lowest BCUT2D eigenvalue weighted by Crippen LogP contribution is -2.20. The van der Waals surface area contributed by atoms with Crippen LogP contribution in [-0.2, 0) is 9.53 Å². The molecule has 0 bridgehead atoms. The molecule has 1 aliphatic carbocycles. The highest BCUT2D eigenvalue weighted by atomic mass is 16.5. The van der Waals surface area contributed by atoms with Crippen LogP contribution in [0.4, 0.5) is 0 Å². The van der Waals surface area contributed by atoms with E-state index >= 15 is 0 Å². The van der Waals surface area contributed by atoms with Gasteiger partial charge in [-0.1, -0.05) is 48.5 Å². The van der Waals surface area contributed by atoms with E-state index in [0.717, 1.165) is 31.2 Å². The monoisotopic (exact) mass is 387 g/mol. The van der Waals surface area contributed by atoms with E-state index < -0.39 is 0 Å². The van der Waals surface area contributed by atoms with Crippen LogP contribution in [0.5, 0.6) is 0 Å². The number of carbonyl (C=O) groups is 2. The minimum Gasteiger partial charge on any atom is -0.457 e. The summed E-state index contributed by atoms with van der Waals surface area (Å²) < 4.78 is 5.23. The number of rotatable bonds is 6. The largest absolute Gasteiger partial charge is 0.457 e. The average molecular weight is 387 g/mol. The van der Waals surface area contributed by atoms with Gasteiger partial charge in [0.1, 0.15) is 0 Å². The molecule has 0 N–H and O–H groups in total. The van der Waals surface area contributed by atoms with Crippen molar-refractivity contribution in [2.75, 3.05) is 6.61 Å². The van der Waals surface area contributed by atoms with Gasteiger partial charge in [0.25, 0.3) is 0 Å². The fraction of sp³-hybridized carbons (Fsp3) is 0.320. The lowest BCUT2D eigenvalue weighted by Gasteiger charge is -2.29. The third kappa shape index (κ3) is 4.70. The minimum absolute atomic E-state index is 0.160. The summed E-state index contributed by atoms with van der Waals surface area (Å²) in [5, 5.41) is 1.23. The van der Waals surface area contributed by atoms with Crippen LogP contribution < -0.4 is 0 Å². The van der Waals surface area contributed by atoms with E-state index in [0.29, 0.717) is 23.8 Å². The molecule has 0 spiro atoms. The predicted molar refractivity (Wildman–Crippen MR) is 113 cm³/mol. The zero-order valence-corrected chi connectivity index (χ0v) is 16.4. The molecule has 1 saturated carbocycles. The molecule has 0 unspecified atom stereocenters. The van der Waals surface area contributed by atoms with Crippen molar-refractivity contribution in [2.45, 2.75) is 38.0 Å². The van der Waals surface area contributed by atoms with Crippen LogP contribution in [0.25, 0.3) is 10.9 Å². The second-order valence-electron chi connectivity index (χ2n) is 7.79. The molecule has 0 aliphatic heterocycles. The molecule has 1 heterocycles. The highest BCUT2D eigenvalue weighted by Gasteiger charge is 2.26. The van der Waals surface area contributed by atoms with Gasteiger partial charge in [0.15, 0.2) is 12.4 Å². The maximum Gasteiger partial charge on any atom is 0.306 e. The molecule has 1 fully saturated rings. The van der Waals surface area contributed by atoms with E-state index in [9.17, 15) is 9.59 Å². The minimum atomic E-state index is -0.271. The summed E-state index contributed by atoms with van der Waals surface area (Å²) in [5.41, 5.74) is 2.98. The summed E-state index contributed by atoms with van der Waals surface area (Å²) in [4.78, 5) is 28.7. The summed E-state index contributed by atoms with van der Waals surface area (Å²) in [6, 6.07) is 19.3. The van der Waals surface area contributed by atoms with Crippen LogP contribution in [0.3, 0.4) is 0 Å². The molecule has 0 amide bonds. The number of benzene rings is 2. The van der Waals surface area contributed by atoms with E-state index in [1.807, 2.05) is 18.3 Å². The van der Waals surface area contributed by atoms with Gasteiger partial charge in [-0.25, -0.2) is 0 Å². The third-order valence-electron chi connectivity index (χ3n) is 5.88. The summed E-state index contributed by atoms with van der Waals surface area (Å²) in [6.45, 7) is -0.179. The van der Waals surface area contributed by atoms with Gasteiger partial charge in [0, 0.05) is 23.6 Å².